The normalized spacial score (nSPS) is 12.8. The predicted octanol–water partition coefficient (Wildman–Crippen LogP) is 4.72. The van der Waals surface area contributed by atoms with Gasteiger partial charge in [-0.25, -0.2) is 0 Å². The van der Waals surface area contributed by atoms with Gasteiger partial charge >= 0.3 is 0 Å². The van der Waals surface area contributed by atoms with Crippen LogP contribution in [0, 0.1) is 6.92 Å². The Morgan fingerprint density at radius 3 is 1.59 bits per heavy atom. The third-order valence-corrected chi connectivity index (χ3v) is 6.39. The molecule has 0 saturated heterocycles. The first-order chi connectivity index (χ1) is 14.3. The van der Waals surface area contributed by atoms with Gasteiger partial charge in [-0.3, -0.25) is 0 Å². The molecule has 0 bridgehead atoms. The van der Waals surface area contributed by atoms with E-state index in [4.69, 9.17) is 0 Å². The van der Waals surface area contributed by atoms with Gasteiger partial charge in [0.15, 0.2) is 0 Å². The molecule has 0 atom stereocenters. The number of hydrogen-bond acceptors (Lipinski definition) is 0. The van der Waals surface area contributed by atoms with Crippen LogP contribution in [0.25, 0.3) is 21.5 Å². The molecular weight excluding hydrogens is 347 g/mol. The Hall–Kier alpha value is -3.32. The molecule has 1 aliphatic heterocycles. The van der Waals surface area contributed by atoms with Gasteiger partial charge in [-0.05, 0) is 46.0 Å². The summed E-state index contributed by atoms with van der Waals surface area (Å²) in [7, 11) is 0. The minimum Gasteiger partial charge on any atom is -0.0684 e. The molecule has 136 valence electrons. The molecule has 1 heterocycles. The van der Waals surface area contributed by atoms with E-state index in [1.807, 2.05) is 0 Å². The highest BCUT2D eigenvalue weighted by Crippen LogP contribution is 2.24. The summed E-state index contributed by atoms with van der Waals surface area (Å²) in [6, 6.07) is 36.2. The van der Waals surface area contributed by atoms with E-state index in [0.29, 0.717) is 0 Å². The zero-order valence-electron chi connectivity index (χ0n) is 16.5. The maximum absolute atomic E-state index is 2.43. The lowest BCUT2D eigenvalue weighted by atomic mass is 9.33. The Bertz CT molecular complexity index is 1310. The summed E-state index contributed by atoms with van der Waals surface area (Å²) in [6.45, 7) is 2.47. The second-order valence-corrected chi connectivity index (χ2v) is 8.32. The Balaban J connectivity index is 1.68. The first-order valence-electron chi connectivity index (χ1n) is 10.4. The van der Waals surface area contributed by atoms with Crippen molar-refractivity contribution >= 4 is 44.6 Å². The van der Waals surface area contributed by atoms with Crippen LogP contribution < -0.4 is 16.4 Å². The number of rotatable bonds is 1. The topological polar surface area (TPSA) is 0 Å². The summed E-state index contributed by atoms with van der Waals surface area (Å²) >= 11 is 0. The average Bonchev–Trinajstić information content (AvgIpc) is 2.74. The van der Waals surface area contributed by atoms with Crippen LogP contribution in [0.1, 0.15) is 16.7 Å². The summed E-state index contributed by atoms with van der Waals surface area (Å²) in [5.41, 5.74) is 8.53. The fourth-order valence-corrected chi connectivity index (χ4v) is 5.04. The van der Waals surface area contributed by atoms with Gasteiger partial charge in [0.1, 0.15) is 0 Å². The minimum atomic E-state index is 0.280. The smallest absolute Gasteiger partial charge is 0.0684 e. The molecule has 1 heteroatoms. The molecule has 0 aromatic heterocycles. The SMILES string of the molecule is Cc1cccc(B2c3cc4ccccc4cc3Cc3cc4ccccc4cc32)c1. The summed E-state index contributed by atoms with van der Waals surface area (Å²) < 4.78 is 0. The van der Waals surface area contributed by atoms with E-state index in [1.165, 1.54) is 54.6 Å². The number of fused-ring (bicyclic) bond motifs is 4. The van der Waals surface area contributed by atoms with Crippen LogP contribution in [-0.2, 0) is 6.42 Å². The van der Waals surface area contributed by atoms with Gasteiger partial charge in [0, 0.05) is 0 Å². The summed E-state index contributed by atoms with van der Waals surface area (Å²) in [5, 5.41) is 5.32. The minimum absolute atomic E-state index is 0.280. The van der Waals surface area contributed by atoms with Crippen molar-refractivity contribution in [3.8, 4) is 0 Å². The molecule has 0 radical (unpaired) electrons. The van der Waals surface area contributed by atoms with E-state index in [0.717, 1.165) is 6.42 Å². The highest BCUT2D eigenvalue weighted by Gasteiger charge is 2.31. The lowest BCUT2D eigenvalue weighted by molar-refractivity contribution is 1.22. The van der Waals surface area contributed by atoms with Crippen LogP contribution in [-0.4, -0.2) is 6.71 Å². The van der Waals surface area contributed by atoms with Crippen LogP contribution in [0.3, 0.4) is 0 Å². The average molecular weight is 368 g/mol. The molecule has 0 spiro atoms. The molecular formula is C28H21B. The van der Waals surface area contributed by atoms with E-state index in [-0.39, 0.29) is 6.71 Å². The van der Waals surface area contributed by atoms with Crippen LogP contribution in [0.15, 0.2) is 97.1 Å². The third-order valence-electron chi connectivity index (χ3n) is 6.39. The highest BCUT2D eigenvalue weighted by molar-refractivity contribution is 6.96. The molecule has 0 unspecified atom stereocenters. The number of hydrogen-bond donors (Lipinski definition) is 0. The molecule has 29 heavy (non-hydrogen) atoms. The Kier molecular flexibility index (Phi) is 3.64. The van der Waals surface area contributed by atoms with E-state index < -0.39 is 0 Å². The van der Waals surface area contributed by atoms with Crippen molar-refractivity contribution in [2.75, 3.05) is 0 Å². The molecule has 0 saturated carbocycles. The van der Waals surface area contributed by atoms with Crippen molar-refractivity contribution in [2.24, 2.45) is 0 Å². The fraction of sp³-hybridized carbons (Fsp3) is 0.0714. The number of aryl methyl sites for hydroxylation is 1. The largest absolute Gasteiger partial charge is 0.241 e. The fourth-order valence-electron chi connectivity index (χ4n) is 5.04. The highest BCUT2D eigenvalue weighted by atomic mass is 14.2. The van der Waals surface area contributed by atoms with Crippen LogP contribution >= 0.6 is 0 Å². The van der Waals surface area contributed by atoms with E-state index in [2.05, 4.69) is 104 Å². The molecule has 0 aliphatic carbocycles. The van der Waals surface area contributed by atoms with Crippen LogP contribution in [0.2, 0.25) is 0 Å². The van der Waals surface area contributed by atoms with Crippen molar-refractivity contribution in [2.45, 2.75) is 13.3 Å². The second kappa shape index (κ2) is 6.35. The molecule has 5 aromatic rings. The standard InChI is InChI=1S/C28H21B/c1-19-7-6-12-26(13-19)29-27-17-22-10-4-2-8-20(22)14-24(27)16-25-15-21-9-3-5-11-23(21)18-28(25)29/h2-15,17-18H,16H2,1H3. The second-order valence-electron chi connectivity index (χ2n) is 8.32. The summed E-state index contributed by atoms with van der Waals surface area (Å²) in [6.07, 6.45) is 1.00. The molecule has 0 amide bonds. The third kappa shape index (κ3) is 2.69. The monoisotopic (exact) mass is 368 g/mol. The van der Waals surface area contributed by atoms with Gasteiger partial charge in [-0.2, -0.15) is 0 Å². The van der Waals surface area contributed by atoms with Gasteiger partial charge in [-0.15, -0.1) is 0 Å². The van der Waals surface area contributed by atoms with Crippen molar-refractivity contribution in [3.05, 3.63) is 114 Å². The van der Waals surface area contributed by atoms with Crippen molar-refractivity contribution in [3.63, 3.8) is 0 Å². The van der Waals surface area contributed by atoms with E-state index >= 15 is 0 Å². The number of benzene rings is 5. The van der Waals surface area contributed by atoms with Crippen molar-refractivity contribution < 1.29 is 0 Å². The maximum Gasteiger partial charge on any atom is 0.241 e. The summed E-state index contributed by atoms with van der Waals surface area (Å²) in [5.74, 6) is 0. The lowest BCUT2D eigenvalue weighted by Gasteiger charge is -2.28. The first-order valence-corrected chi connectivity index (χ1v) is 10.4. The van der Waals surface area contributed by atoms with Crippen LogP contribution in [0.5, 0.6) is 0 Å². The Morgan fingerprint density at radius 1 is 0.552 bits per heavy atom. The Morgan fingerprint density at radius 2 is 1.07 bits per heavy atom. The molecule has 5 aromatic carbocycles. The van der Waals surface area contributed by atoms with Gasteiger partial charge in [0.05, 0.1) is 0 Å². The lowest BCUT2D eigenvalue weighted by Crippen LogP contribution is -2.57. The molecule has 0 fully saturated rings. The molecule has 6 rings (SSSR count). The maximum atomic E-state index is 2.43. The quantitative estimate of drug-likeness (QED) is 0.369. The zero-order valence-corrected chi connectivity index (χ0v) is 16.5. The molecule has 0 nitrogen and oxygen atoms in total. The van der Waals surface area contributed by atoms with E-state index in [1.54, 1.807) is 0 Å². The summed E-state index contributed by atoms with van der Waals surface area (Å²) in [4.78, 5) is 0. The van der Waals surface area contributed by atoms with Crippen LogP contribution in [0.4, 0.5) is 0 Å². The van der Waals surface area contributed by atoms with Gasteiger partial charge in [0.25, 0.3) is 0 Å². The van der Waals surface area contributed by atoms with Gasteiger partial charge in [0.2, 0.25) is 6.71 Å². The van der Waals surface area contributed by atoms with Crippen molar-refractivity contribution in [1.29, 1.82) is 0 Å². The molecule has 0 N–H and O–H groups in total. The van der Waals surface area contributed by atoms with Gasteiger partial charge < -0.3 is 0 Å². The molecule has 1 aliphatic rings. The zero-order chi connectivity index (χ0) is 19.4. The predicted molar refractivity (Wildman–Crippen MR) is 127 cm³/mol. The Labute approximate surface area is 171 Å². The van der Waals surface area contributed by atoms with E-state index in [9.17, 15) is 0 Å². The first kappa shape index (κ1) is 16.6. The van der Waals surface area contributed by atoms with Crippen molar-refractivity contribution in [1.82, 2.24) is 0 Å². The van der Waals surface area contributed by atoms with Gasteiger partial charge in [-0.1, -0.05) is 119 Å².